The molecule has 3 aromatic carbocycles. The Bertz CT molecular complexity index is 1420. The van der Waals surface area contributed by atoms with E-state index in [1.807, 2.05) is 24.3 Å². The van der Waals surface area contributed by atoms with Gasteiger partial charge in [0.1, 0.15) is 13.2 Å². The molecule has 39 heavy (non-hydrogen) atoms. The van der Waals surface area contributed by atoms with Crippen molar-refractivity contribution in [2.45, 2.75) is 19.3 Å². The van der Waals surface area contributed by atoms with E-state index < -0.39 is 23.6 Å². The number of carbonyl (C=O) groups excluding carboxylic acids is 2. The smallest absolute Gasteiger partial charge is 0.416 e. The molecule has 6 rings (SSSR count). The molecule has 0 unspecified atom stereocenters. The number of fused-ring (bicyclic) bond motifs is 2. The number of rotatable bonds is 5. The van der Waals surface area contributed by atoms with Gasteiger partial charge in [0.05, 0.1) is 28.9 Å². The lowest BCUT2D eigenvalue weighted by Gasteiger charge is -2.36. The van der Waals surface area contributed by atoms with E-state index >= 15 is 0 Å². The van der Waals surface area contributed by atoms with E-state index in [0.29, 0.717) is 48.7 Å². The van der Waals surface area contributed by atoms with E-state index in [2.05, 4.69) is 9.80 Å². The van der Waals surface area contributed by atoms with E-state index in [9.17, 15) is 22.8 Å². The molecule has 0 aliphatic carbocycles. The fraction of sp³-hybridized carbons (Fsp3) is 0.310. The first-order valence-electron chi connectivity index (χ1n) is 12.8. The van der Waals surface area contributed by atoms with Crippen LogP contribution in [0.1, 0.15) is 37.4 Å². The molecule has 1 fully saturated rings. The van der Waals surface area contributed by atoms with E-state index in [1.54, 1.807) is 12.1 Å². The molecule has 3 aliphatic heterocycles. The maximum absolute atomic E-state index is 13.4. The van der Waals surface area contributed by atoms with Gasteiger partial charge in [-0.1, -0.05) is 24.3 Å². The lowest BCUT2D eigenvalue weighted by Crippen LogP contribution is -2.46. The maximum atomic E-state index is 13.4. The van der Waals surface area contributed by atoms with Crippen LogP contribution < -0.4 is 14.4 Å². The second-order valence-electron chi connectivity index (χ2n) is 9.83. The van der Waals surface area contributed by atoms with Crippen molar-refractivity contribution in [1.29, 1.82) is 0 Å². The summed E-state index contributed by atoms with van der Waals surface area (Å²) in [6.45, 7) is 4.68. The first-order valence-corrected chi connectivity index (χ1v) is 12.8. The highest BCUT2D eigenvalue weighted by Gasteiger charge is 2.39. The molecule has 3 aliphatic rings. The Morgan fingerprint density at radius 2 is 1.44 bits per heavy atom. The summed E-state index contributed by atoms with van der Waals surface area (Å²) in [4.78, 5) is 32.1. The summed E-state index contributed by atoms with van der Waals surface area (Å²) in [6.07, 6.45) is -4.45. The van der Waals surface area contributed by atoms with Gasteiger partial charge in [-0.3, -0.25) is 19.4 Å². The van der Waals surface area contributed by atoms with Crippen LogP contribution in [0, 0.1) is 0 Å². The van der Waals surface area contributed by atoms with Crippen LogP contribution in [0.25, 0.3) is 0 Å². The minimum absolute atomic E-state index is 0.0900. The molecule has 202 valence electrons. The van der Waals surface area contributed by atoms with E-state index in [0.717, 1.165) is 53.7 Å². The third-order valence-corrected chi connectivity index (χ3v) is 7.32. The normalized spacial score (nSPS) is 17.5. The van der Waals surface area contributed by atoms with Gasteiger partial charge in [-0.05, 0) is 47.5 Å². The summed E-state index contributed by atoms with van der Waals surface area (Å²) in [7, 11) is 0. The van der Waals surface area contributed by atoms with Gasteiger partial charge in [0.15, 0.2) is 11.5 Å². The molecule has 3 aromatic rings. The zero-order chi connectivity index (χ0) is 27.1. The number of hydrogen-bond donors (Lipinski definition) is 0. The number of ether oxygens (including phenoxy) is 2. The van der Waals surface area contributed by atoms with Crippen molar-refractivity contribution in [1.82, 2.24) is 9.80 Å². The summed E-state index contributed by atoms with van der Waals surface area (Å²) in [5, 5.41) is 0. The molecule has 2 amide bonds. The number of amides is 2. The number of anilines is 1. The molecule has 0 saturated carbocycles. The minimum atomic E-state index is -4.45. The zero-order valence-electron chi connectivity index (χ0n) is 21.0. The van der Waals surface area contributed by atoms with E-state index in [4.69, 9.17) is 9.47 Å². The number of alkyl halides is 3. The Hall–Kier alpha value is -4.05. The highest BCUT2D eigenvalue weighted by Crippen LogP contribution is 2.35. The molecule has 0 radical (unpaired) electrons. The summed E-state index contributed by atoms with van der Waals surface area (Å²) >= 11 is 0. The van der Waals surface area contributed by atoms with Crippen LogP contribution in [-0.4, -0.2) is 61.0 Å². The molecule has 10 heteroatoms. The Labute approximate surface area is 223 Å². The third kappa shape index (κ3) is 4.92. The molecule has 0 bridgehead atoms. The lowest BCUT2D eigenvalue weighted by molar-refractivity contribution is -0.137. The molecule has 0 N–H and O–H groups in total. The molecule has 0 aromatic heterocycles. The number of halogens is 3. The van der Waals surface area contributed by atoms with Crippen LogP contribution in [0.3, 0.4) is 0 Å². The van der Waals surface area contributed by atoms with Gasteiger partial charge >= 0.3 is 6.18 Å². The lowest BCUT2D eigenvalue weighted by atomic mass is 10.1. The Morgan fingerprint density at radius 1 is 0.744 bits per heavy atom. The molecular weight excluding hydrogens is 511 g/mol. The standard InChI is InChI=1S/C29H26F3N3O4/c30-29(31,32)21-7-4-19(5-8-21)18-35-27(36)22-2-1-3-23(26(22)28(35)37)34-12-10-33(11-13-34)17-20-6-9-24-25(16-20)39-15-14-38-24/h1-9,16H,10-15,17-18H2. The summed E-state index contributed by atoms with van der Waals surface area (Å²) in [6, 6.07) is 15.8. The fourth-order valence-corrected chi connectivity index (χ4v) is 5.30. The number of imide groups is 1. The van der Waals surface area contributed by atoms with Gasteiger partial charge < -0.3 is 14.4 Å². The summed E-state index contributed by atoms with van der Waals surface area (Å²) in [5.41, 5.74) is 2.20. The highest BCUT2D eigenvalue weighted by molar-refractivity contribution is 6.23. The van der Waals surface area contributed by atoms with Crippen molar-refractivity contribution in [3.05, 3.63) is 88.5 Å². The van der Waals surface area contributed by atoms with Crippen LogP contribution in [0.15, 0.2) is 60.7 Å². The van der Waals surface area contributed by atoms with Gasteiger partial charge in [-0.2, -0.15) is 13.2 Å². The first-order chi connectivity index (χ1) is 18.8. The molecule has 3 heterocycles. The topological polar surface area (TPSA) is 62.3 Å². The van der Waals surface area contributed by atoms with Gasteiger partial charge in [-0.25, -0.2) is 0 Å². The van der Waals surface area contributed by atoms with Crippen LogP contribution >= 0.6 is 0 Å². The molecule has 0 spiro atoms. The van der Waals surface area contributed by atoms with Crippen LogP contribution in [-0.2, 0) is 19.3 Å². The maximum Gasteiger partial charge on any atom is 0.416 e. The average molecular weight is 538 g/mol. The Morgan fingerprint density at radius 3 is 2.15 bits per heavy atom. The van der Waals surface area contributed by atoms with Gasteiger partial charge in [0, 0.05) is 32.7 Å². The molecular formula is C29H26F3N3O4. The van der Waals surface area contributed by atoms with Crippen LogP contribution in [0.4, 0.5) is 18.9 Å². The fourth-order valence-electron chi connectivity index (χ4n) is 5.30. The van der Waals surface area contributed by atoms with Gasteiger partial charge in [0.25, 0.3) is 11.8 Å². The predicted octanol–water partition coefficient (Wildman–Crippen LogP) is 4.60. The monoisotopic (exact) mass is 537 g/mol. The number of benzene rings is 3. The van der Waals surface area contributed by atoms with E-state index in [1.165, 1.54) is 12.1 Å². The second-order valence-corrected chi connectivity index (χ2v) is 9.83. The Balaban J connectivity index is 1.13. The highest BCUT2D eigenvalue weighted by atomic mass is 19.4. The number of nitrogens with zero attached hydrogens (tertiary/aromatic N) is 3. The number of carbonyl (C=O) groups is 2. The zero-order valence-corrected chi connectivity index (χ0v) is 21.0. The van der Waals surface area contributed by atoms with Gasteiger partial charge in [-0.15, -0.1) is 0 Å². The quantitative estimate of drug-likeness (QED) is 0.444. The van der Waals surface area contributed by atoms with Crippen LogP contribution in [0.5, 0.6) is 11.5 Å². The van der Waals surface area contributed by atoms with Gasteiger partial charge in [0.2, 0.25) is 0 Å². The molecule has 7 nitrogen and oxygen atoms in total. The summed E-state index contributed by atoms with van der Waals surface area (Å²) < 4.78 is 50.0. The molecule has 1 saturated heterocycles. The van der Waals surface area contributed by atoms with Crippen molar-refractivity contribution >= 4 is 17.5 Å². The van der Waals surface area contributed by atoms with Crippen molar-refractivity contribution in [3.8, 4) is 11.5 Å². The van der Waals surface area contributed by atoms with Crippen molar-refractivity contribution < 1.29 is 32.2 Å². The van der Waals surface area contributed by atoms with Crippen molar-refractivity contribution in [2.24, 2.45) is 0 Å². The van der Waals surface area contributed by atoms with Crippen LogP contribution in [0.2, 0.25) is 0 Å². The Kier molecular flexibility index (Phi) is 6.42. The van der Waals surface area contributed by atoms with E-state index in [-0.39, 0.29) is 6.54 Å². The second kappa shape index (κ2) is 9.92. The van der Waals surface area contributed by atoms with Crippen molar-refractivity contribution in [2.75, 3.05) is 44.3 Å². The average Bonchev–Trinajstić information content (AvgIpc) is 3.18. The SMILES string of the molecule is O=C1c2cccc(N3CCN(Cc4ccc5c(c4)OCCO5)CC3)c2C(=O)N1Cc1ccc(C(F)(F)F)cc1. The minimum Gasteiger partial charge on any atom is -0.486 e. The predicted molar refractivity (Wildman–Crippen MR) is 137 cm³/mol. The third-order valence-electron chi connectivity index (χ3n) is 7.32. The summed E-state index contributed by atoms with van der Waals surface area (Å²) in [5.74, 6) is 0.666. The number of piperazine rings is 1. The number of hydrogen-bond acceptors (Lipinski definition) is 6. The first kappa shape index (κ1) is 25.2. The van der Waals surface area contributed by atoms with Crippen molar-refractivity contribution in [3.63, 3.8) is 0 Å². The molecule has 0 atom stereocenters. The largest absolute Gasteiger partial charge is 0.486 e.